The fraction of sp³-hybridized carbons (Fsp3) is 0.500. The molecule has 0 spiro atoms. The number of rotatable bonds is 5. The van der Waals surface area contributed by atoms with Crippen molar-refractivity contribution in [2.75, 3.05) is 28.8 Å². The Morgan fingerprint density at radius 3 is 2.59 bits per heavy atom. The van der Waals surface area contributed by atoms with Gasteiger partial charge in [0, 0.05) is 24.8 Å². The maximum atomic E-state index is 11.8. The molecule has 0 radical (unpaired) electrons. The molecule has 2 aromatic rings. The molecule has 1 atom stereocenters. The second-order valence-electron chi connectivity index (χ2n) is 7.65. The fourth-order valence-corrected chi connectivity index (χ4v) is 5.31. The van der Waals surface area contributed by atoms with Gasteiger partial charge < -0.3 is 10.2 Å². The SMILES string of the molecule is Cc1nc(Nc2c(C)cccc2C(C)C)cc(N(C)C2CCS(=O)(=O)C2)n1. The number of para-hydroxylation sites is 1. The molecule has 7 heteroatoms. The molecule has 0 amide bonds. The van der Waals surface area contributed by atoms with Crippen molar-refractivity contribution in [3.05, 3.63) is 41.2 Å². The van der Waals surface area contributed by atoms with Gasteiger partial charge in [0.25, 0.3) is 0 Å². The maximum Gasteiger partial charge on any atom is 0.152 e. The number of anilines is 3. The van der Waals surface area contributed by atoms with E-state index >= 15 is 0 Å². The summed E-state index contributed by atoms with van der Waals surface area (Å²) in [7, 11) is -1.03. The van der Waals surface area contributed by atoms with Crippen molar-refractivity contribution in [2.24, 2.45) is 0 Å². The second-order valence-corrected chi connectivity index (χ2v) is 9.87. The first-order valence-electron chi connectivity index (χ1n) is 9.32. The minimum absolute atomic E-state index is 0.0400. The van der Waals surface area contributed by atoms with E-state index in [0.717, 1.165) is 22.9 Å². The molecule has 1 aromatic carbocycles. The van der Waals surface area contributed by atoms with Crippen LogP contribution in [0, 0.1) is 13.8 Å². The van der Waals surface area contributed by atoms with E-state index in [4.69, 9.17) is 0 Å². The third-order valence-corrected chi connectivity index (χ3v) is 6.87. The maximum absolute atomic E-state index is 11.8. The van der Waals surface area contributed by atoms with E-state index in [2.05, 4.69) is 54.3 Å². The van der Waals surface area contributed by atoms with Gasteiger partial charge in [-0.1, -0.05) is 32.0 Å². The minimum Gasteiger partial charge on any atom is -0.355 e. The van der Waals surface area contributed by atoms with Crippen LogP contribution in [-0.2, 0) is 9.84 Å². The smallest absolute Gasteiger partial charge is 0.152 e. The summed E-state index contributed by atoms with van der Waals surface area (Å²) in [5, 5.41) is 3.47. The van der Waals surface area contributed by atoms with Crippen molar-refractivity contribution < 1.29 is 8.42 Å². The largest absolute Gasteiger partial charge is 0.355 e. The van der Waals surface area contributed by atoms with E-state index in [1.54, 1.807) is 0 Å². The zero-order valence-corrected chi connectivity index (χ0v) is 17.5. The number of aryl methyl sites for hydroxylation is 2. The molecular formula is C20H28N4O2S. The predicted octanol–water partition coefficient (Wildman–Crippen LogP) is 3.58. The molecule has 1 fully saturated rings. The Hall–Kier alpha value is -2.15. The van der Waals surface area contributed by atoms with Gasteiger partial charge in [-0.25, -0.2) is 18.4 Å². The highest BCUT2D eigenvalue weighted by molar-refractivity contribution is 7.91. The first-order chi connectivity index (χ1) is 12.7. The number of benzene rings is 1. The topological polar surface area (TPSA) is 75.2 Å². The van der Waals surface area contributed by atoms with Gasteiger partial charge in [-0.2, -0.15) is 0 Å². The van der Waals surface area contributed by atoms with Crippen LogP contribution >= 0.6 is 0 Å². The number of hydrogen-bond donors (Lipinski definition) is 1. The summed E-state index contributed by atoms with van der Waals surface area (Å²) >= 11 is 0. The molecule has 6 nitrogen and oxygen atoms in total. The van der Waals surface area contributed by atoms with Gasteiger partial charge in [0.2, 0.25) is 0 Å². The van der Waals surface area contributed by atoms with E-state index < -0.39 is 9.84 Å². The summed E-state index contributed by atoms with van der Waals surface area (Å²) in [5.74, 6) is 2.94. The van der Waals surface area contributed by atoms with Crippen LogP contribution in [0.4, 0.5) is 17.3 Å². The third kappa shape index (κ3) is 4.40. The number of aromatic nitrogens is 2. The molecule has 1 unspecified atom stereocenters. The summed E-state index contributed by atoms with van der Waals surface area (Å²) in [6.45, 7) is 8.28. The van der Waals surface area contributed by atoms with Gasteiger partial charge >= 0.3 is 0 Å². The van der Waals surface area contributed by atoms with Crippen molar-refractivity contribution in [3.63, 3.8) is 0 Å². The van der Waals surface area contributed by atoms with Crippen LogP contribution in [0.25, 0.3) is 0 Å². The highest BCUT2D eigenvalue weighted by atomic mass is 32.2. The molecule has 3 rings (SSSR count). The van der Waals surface area contributed by atoms with Gasteiger partial charge in [-0.3, -0.25) is 0 Å². The van der Waals surface area contributed by atoms with Crippen LogP contribution in [0.2, 0.25) is 0 Å². The number of hydrogen-bond acceptors (Lipinski definition) is 6. The van der Waals surface area contributed by atoms with E-state index in [-0.39, 0.29) is 17.5 Å². The second kappa shape index (κ2) is 7.46. The quantitative estimate of drug-likeness (QED) is 0.844. The zero-order chi connectivity index (χ0) is 19.8. The summed E-state index contributed by atoms with van der Waals surface area (Å²) in [4.78, 5) is 11.0. The summed E-state index contributed by atoms with van der Waals surface area (Å²) in [5.41, 5.74) is 3.47. The molecule has 0 saturated carbocycles. The van der Waals surface area contributed by atoms with Crippen molar-refractivity contribution in [1.29, 1.82) is 0 Å². The van der Waals surface area contributed by atoms with Gasteiger partial charge in [-0.15, -0.1) is 0 Å². The van der Waals surface area contributed by atoms with Gasteiger partial charge in [-0.05, 0) is 37.3 Å². The monoisotopic (exact) mass is 388 g/mol. The minimum atomic E-state index is -2.94. The van der Waals surface area contributed by atoms with Crippen LogP contribution in [0.1, 0.15) is 43.1 Å². The lowest BCUT2D eigenvalue weighted by atomic mass is 9.98. The Morgan fingerprint density at radius 2 is 1.96 bits per heavy atom. The van der Waals surface area contributed by atoms with E-state index in [1.807, 2.05) is 24.9 Å². The molecule has 27 heavy (non-hydrogen) atoms. The summed E-state index contributed by atoms with van der Waals surface area (Å²) < 4.78 is 23.6. The lowest BCUT2D eigenvalue weighted by molar-refractivity contribution is 0.600. The molecule has 1 aliphatic rings. The summed E-state index contributed by atoms with van der Waals surface area (Å²) in [6, 6.07) is 8.14. The van der Waals surface area contributed by atoms with E-state index in [0.29, 0.717) is 18.2 Å². The molecule has 1 saturated heterocycles. The van der Waals surface area contributed by atoms with Crippen molar-refractivity contribution in [2.45, 2.75) is 46.1 Å². The van der Waals surface area contributed by atoms with E-state index in [1.165, 1.54) is 5.56 Å². The van der Waals surface area contributed by atoms with Crippen LogP contribution in [0.3, 0.4) is 0 Å². The molecule has 1 aromatic heterocycles. The highest BCUT2D eigenvalue weighted by Crippen LogP contribution is 2.31. The molecule has 2 heterocycles. The van der Waals surface area contributed by atoms with Gasteiger partial charge in [0.05, 0.1) is 11.5 Å². The van der Waals surface area contributed by atoms with Gasteiger partial charge in [0.1, 0.15) is 17.5 Å². The van der Waals surface area contributed by atoms with Crippen molar-refractivity contribution >= 4 is 27.2 Å². The van der Waals surface area contributed by atoms with Crippen LogP contribution < -0.4 is 10.2 Å². The van der Waals surface area contributed by atoms with Crippen LogP contribution in [0.5, 0.6) is 0 Å². The number of nitrogens with zero attached hydrogens (tertiary/aromatic N) is 3. The molecule has 146 valence electrons. The molecule has 1 N–H and O–H groups in total. The number of sulfone groups is 1. The molecule has 0 bridgehead atoms. The van der Waals surface area contributed by atoms with Crippen LogP contribution in [-0.4, -0.2) is 43.0 Å². The average Bonchev–Trinajstić information content (AvgIpc) is 2.95. The van der Waals surface area contributed by atoms with Crippen molar-refractivity contribution in [3.8, 4) is 0 Å². The first-order valence-corrected chi connectivity index (χ1v) is 11.1. The Kier molecular flexibility index (Phi) is 5.42. The van der Waals surface area contributed by atoms with Crippen molar-refractivity contribution in [1.82, 2.24) is 9.97 Å². The van der Waals surface area contributed by atoms with Gasteiger partial charge in [0.15, 0.2) is 9.84 Å². The molecular weight excluding hydrogens is 360 g/mol. The normalized spacial score (nSPS) is 18.7. The average molecular weight is 389 g/mol. The van der Waals surface area contributed by atoms with Crippen LogP contribution in [0.15, 0.2) is 24.3 Å². The Morgan fingerprint density at radius 1 is 1.22 bits per heavy atom. The predicted molar refractivity (Wildman–Crippen MR) is 111 cm³/mol. The Labute approximate surface area is 162 Å². The van der Waals surface area contributed by atoms with E-state index in [9.17, 15) is 8.42 Å². The lowest BCUT2D eigenvalue weighted by Crippen LogP contribution is -2.33. The molecule has 0 aliphatic carbocycles. The Balaban J connectivity index is 1.91. The standard InChI is InChI=1S/C20H28N4O2S/c1-13(2)17-8-6-7-14(3)20(17)23-18-11-19(22-15(4)21-18)24(5)16-9-10-27(25,26)12-16/h6-8,11,13,16H,9-10,12H2,1-5H3,(H,21,22,23). The highest BCUT2D eigenvalue weighted by Gasteiger charge is 2.31. The lowest BCUT2D eigenvalue weighted by Gasteiger charge is -2.25. The molecule has 1 aliphatic heterocycles. The zero-order valence-electron chi connectivity index (χ0n) is 16.7. The first kappa shape index (κ1) is 19.6. The third-order valence-electron chi connectivity index (χ3n) is 5.12. The Bertz CT molecular complexity index is 941. The number of nitrogens with one attached hydrogen (secondary N) is 1. The summed E-state index contributed by atoms with van der Waals surface area (Å²) in [6.07, 6.45) is 0.639. The fourth-order valence-electron chi connectivity index (χ4n) is 3.53.